The maximum absolute atomic E-state index is 9.11. The maximum Gasteiger partial charge on any atom is 0.0471 e. The van der Waals surface area contributed by atoms with E-state index in [0.717, 1.165) is 18.5 Å². The first-order valence-electron chi connectivity index (χ1n) is 5.64. The summed E-state index contributed by atoms with van der Waals surface area (Å²) >= 11 is 0. The van der Waals surface area contributed by atoms with Crippen molar-refractivity contribution in [3.63, 3.8) is 0 Å². The Labute approximate surface area is 80.9 Å². The van der Waals surface area contributed by atoms with Crippen molar-refractivity contribution in [3.8, 4) is 0 Å². The van der Waals surface area contributed by atoms with Gasteiger partial charge in [-0.3, -0.25) is 0 Å². The highest BCUT2D eigenvalue weighted by atomic mass is 16.3. The summed E-state index contributed by atoms with van der Waals surface area (Å²) in [5, 5.41) is 9.11. The van der Waals surface area contributed by atoms with Gasteiger partial charge in [-0.05, 0) is 44.1 Å². The van der Waals surface area contributed by atoms with Crippen molar-refractivity contribution < 1.29 is 5.11 Å². The molecule has 1 heterocycles. The van der Waals surface area contributed by atoms with Gasteiger partial charge < -0.3 is 10.0 Å². The third-order valence-corrected chi connectivity index (χ3v) is 3.67. The summed E-state index contributed by atoms with van der Waals surface area (Å²) in [5.41, 5.74) is 0. The third kappa shape index (κ3) is 2.05. The fourth-order valence-corrected chi connectivity index (χ4v) is 2.74. The van der Waals surface area contributed by atoms with Crippen LogP contribution in [0.25, 0.3) is 0 Å². The molecule has 2 nitrogen and oxygen atoms in total. The van der Waals surface area contributed by atoms with Crippen molar-refractivity contribution in [3.05, 3.63) is 0 Å². The van der Waals surface area contributed by atoms with E-state index < -0.39 is 0 Å². The Hall–Kier alpha value is -0.0800. The van der Waals surface area contributed by atoms with Gasteiger partial charge in [-0.25, -0.2) is 0 Å². The molecule has 0 aromatic rings. The molecule has 1 saturated carbocycles. The Morgan fingerprint density at radius 3 is 2.77 bits per heavy atom. The molecule has 1 aliphatic carbocycles. The lowest BCUT2D eigenvalue weighted by atomic mass is 9.79. The zero-order chi connectivity index (χ0) is 9.26. The van der Waals surface area contributed by atoms with Crippen LogP contribution in [0.4, 0.5) is 0 Å². The van der Waals surface area contributed by atoms with Crippen molar-refractivity contribution >= 4 is 0 Å². The number of hydrogen-bond acceptors (Lipinski definition) is 2. The molecule has 13 heavy (non-hydrogen) atoms. The second-order valence-electron chi connectivity index (χ2n) is 4.92. The fourth-order valence-electron chi connectivity index (χ4n) is 2.74. The minimum Gasteiger partial charge on any atom is -0.396 e. The first-order chi connectivity index (χ1) is 6.29. The van der Waals surface area contributed by atoms with Crippen LogP contribution in [0.3, 0.4) is 0 Å². The standard InChI is InChI=1S/C11H21NO/c1-9-5-11(6-9)12-4-2-3-10(7-12)8-13/h9-11,13H,2-8H2,1H3. The van der Waals surface area contributed by atoms with E-state index in [-0.39, 0.29) is 0 Å². The number of piperidine rings is 1. The second kappa shape index (κ2) is 3.97. The molecule has 0 spiro atoms. The summed E-state index contributed by atoms with van der Waals surface area (Å²) in [7, 11) is 0. The van der Waals surface area contributed by atoms with E-state index in [2.05, 4.69) is 11.8 Å². The molecule has 1 aliphatic heterocycles. The van der Waals surface area contributed by atoms with Gasteiger partial charge in [0.1, 0.15) is 0 Å². The molecule has 2 heteroatoms. The van der Waals surface area contributed by atoms with Gasteiger partial charge in [-0.15, -0.1) is 0 Å². The number of aliphatic hydroxyl groups is 1. The Morgan fingerprint density at radius 2 is 2.15 bits per heavy atom. The molecular weight excluding hydrogens is 162 g/mol. The van der Waals surface area contributed by atoms with Crippen LogP contribution in [0.5, 0.6) is 0 Å². The highest BCUT2D eigenvalue weighted by molar-refractivity contribution is 4.87. The van der Waals surface area contributed by atoms with Crippen molar-refractivity contribution in [2.45, 2.75) is 38.6 Å². The van der Waals surface area contributed by atoms with Crippen LogP contribution in [0.15, 0.2) is 0 Å². The SMILES string of the molecule is CC1CC(N2CCCC(CO)C2)C1. The van der Waals surface area contributed by atoms with E-state index in [1.54, 1.807) is 0 Å². The molecule has 2 aliphatic rings. The van der Waals surface area contributed by atoms with Gasteiger partial charge in [-0.2, -0.15) is 0 Å². The molecule has 0 bridgehead atoms. The van der Waals surface area contributed by atoms with Crippen LogP contribution >= 0.6 is 0 Å². The minimum absolute atomic E-state index is 0.388. The average Bonchev–Trinajstić information content (AvgIpc) is 2.13. The zero-order valence-electron chi connectivity index (χ0n) is 8.58. The van der Waals surface area contributed by atoms with Gasteiger partial charge in [0.05, 0.1) is 0 Å². The zero-order valence-corrected chi connectivity index (χ0v) is 8.58. The van der Waals surface area contributed by atoms with Crippen molar-refractivity contribution in [2.75, 3.05) is 19.7 Å². The van der Waals surface area contributed by atoms with Crippen LogP contribution < -0.4 is 0 Å². The predicted molar refractivity (Wildman–Crippen MR) is 53.6 cm³/mol. The van der Waals surface area contributed by atoms with Crippen LogP contribution in [0, 0.1) is 11.8 Å². The molecule has 0 radical (unpaired) electrons. The van der Waals surface area contributed by atoms with E-state index in [4.69, 9.17) is 5.11 Å². The second-order valence-corrected chi connectivity index (χ2v) is 4.92. The predicted octanol–water partition coefficient (Wildman–Crippen LogP) is 1.49. The van der Waals surface area contributed by atoms with Gasteiger partial charge in [0.2, 0.25) is 0 Å². The third-order valence-electron chi connectivity index (χ3n) is 3.67. The highest BCUT2D eigenvalue weighted by Crippen LogP contribution is 2.33. The molecule has 1 N–H and O–H groups in total. The largest absolute Gasteiger partial charge is 0.396 e. The summed E-state index contributed by atoms with van der Waals surface area (Å²) in [5.74, 6) is 1.50. The molecule has 1 atom stereocenters. The Kier molecular flexibility index (Phi) is 2.89. The van der Waals surface area contributed by atoms with E-state index in [0.29, 0.717) is 12.5 Å². The van der Waals surface area contributed by atoms with Gasteiger partial charge >= 0.3 is 0 Å². The molecule has 0 aromatic carbocycles. The quantitative estimate of drug-likeness (QED) is 0.701. The number of rotatable bonds is 2. The first-order valence-corrected chi connectivity index (χ1v) is 5.64. The topological polar surface area (TPSA) is 23.5 Å². The Bertz CT molecular complexity index is 165. The molecule has 1 unspecified atom stereocenters. The summed E-state index contributed by atoms with van der Waals surface area (Å²) in [6.07, 6.45) is 5.29. The van der Waals surface area contributed by atoms with E-state index >= 15 is 0 Å². The Morgan fingerprint density at radius 1 is 1.38 bits per heavy atom. The van der Waals surface area contributed by atoms with Gasteiger partial charge in [0.25, 0.3) is 0 Å². The van der Waals surface area contributed by atoms with E-state index in [9.17, 15) is 0 Å². The fraction of sp³-hybridized carbons (Fsp3) is 1.00. The van der Waals surface area contributed by atoms with Crippen LogP contribution in [-0.4, -0.2) is 35.7 Å². The maximum atomic E-state index is 9.11. The van der Waals surface area contributed by atoms with E-state index in [1.165, 1.54) is 32.2 Å². The van der Waals surface area contributed by atoms with Crippen LogP contribution in [-0.2, 0) is 0 Å². The highest BCUT2D eigenvalue weighted by Gasteiger charge is 2.33. The van der Waals surface area contributed by atoms with Crippen molar-refractivity contribution in [1.82, 2.24) is 4.90 Å². The molecular formula is C11H21NO. The molecule has 2 rings (SSSR count). The molecule has 0 aromatic heterocycles. The molecule has 0 amide bonds. The monoisotopic (exact) mass is 183 g/mol. The van der Waals surface area contributed by atoms with Gasteiger partial charge in [0, 0.05) is 19.2 Å². The minimum atomic E-state index is 0.388. The molecule has 76 valence electrons. The van der Waals surface area contributed by atoms with Crippen molar-refractivity contribution in [1.29, 1.82) is 0 Å². The normalized spacial score (nSPS) is 41.5. The lowest BCUT2D eigenvalue weighted by molar-refractivity contribution is 0.0334. The number of hydrogen-bond donors (Lipinski definition) is 1. The van der Waals surface area contributed by atoms with Crippen LogP contribution in [0.2, 0.25) is 0 Å². The first kappa shape index (κ1) is 9.47. The number of aliphatic hydroxyl groups excluding tert-OH is 1. The lowest BCUT2D eigenvalue weighted by Gasteiger charge is -2.45. The van der Waals surface area contributed by atoms with Gasteiger partial charge in [0.15, 0.2) is 0 Å². The smallest absolute Gasteiger partial charge is 0.0471 e. The summed E-state index contributed by atoms with van der Waals surface area (Å²) in [4.78, 5) is 2.60. The van der Waals surface area contributed by atoms with Gasteiger partial charge in [-0.1, -0.05) is 6.92 Å². The average molecular weight is 183 g/mol. The Balaban J connectivity index is 1.79. The number of likely N-dealkylation sites (tertiary alicyclic amines) is 1. The summed E-state index contributed by atoms with van der Waals surface area (Å²) < 4.78 is 0. The summed E-state index contributed by atoms with van der Waals surface area (Å²) in [6, 6.07) is 0.851. The summed E-state index contributed by atoms with van der Waals surface area (Å²) in [6.45, 7) is 5.14. The number of nitrogens with zero attached hydrogens (tertiary/aromatic N) is 1. The lowest BCUT2D eigenvalue weighted by Crippen LogP contribution is -2.49. The molecule has 1 saturated heterocycles. The molecule has 2 fully saturated rings. The van der Waals surface area contributed by atoms with Crippen molar-refractivity contribution in [2.24, 2.45) is 11.8 Å². The van der Waals surface area contributed by atoms with E-state index in [1.807, 2.05) is 0 Å². The van der Waals surface area contributed by atoms with Crippen LogP contribution in [0.1, 0.15) is 32.6 Å².